The molecular formula is C22H31N3O6. The second-order valence-electron chi connectivity index (χ2n) is 8.43. The van der Waals surface area contributed by atoms with Crippen LogP contribution in [-0.4, -0.2) is 59.6 Å². The van der Waals surface area contributed by atoms with Crippen LogP contribution >= 0.6 is 0 Å². The van der Waals surface area contributed by atoms with E-state index >= 15 is 0 Å². The van der Waals surface area contributed by atoms with E-state index in [4.69, 9.17) is 9.47 Å². The number of rotatable bonds is 7. The maximum atomic E-state index is 12.8. The lowest BCUT2D eigenvalue weighted by molar-refractivity contribution is -0.155. The SMILES string of the molecule is C[C@H](NC(=O)CNC(=O)OC(C)(C)C)C(=O)N1CCC[C@H]1C(=O)OCc1ccccc1. The second-order valence-corrected chi connectivity index (χ2v) is 8.43. The summed E-state index contributed by atoms with van der Waals surface area (Å²) >= 11 is 0. The van der Waals surface area contributed by atoms with Crippen molar-refractivity contribution in [1.29, 1.82) is 0 Å². The fourth-order valence-corrected chi connectivity index (χ4v) is 3.17. The van der Waals surface area contributed by atoms with Gasteiger partial charge in [0.25, 0.3) is 0 Å². The zero-order valence-electron chi connectivity index (χ0n) is 18.5. The smallest absolute Gasteiger partial charge is 0.408 e. The summed E-state index contributed by atoms with van der Waals surface area (Å²) in [6.45, 7) is 6.91. The Balaban J connectivity index is 1.82. The van der Waals surface area contributed by atoms with Gasteiger partial charge in [0.1, 0.15) is 30.8 Å². The maximum absolute atomic E-state index is 12.8. The molecule has 9 nitrogen and oxygen atoms in total. The average molecular weight is 434 g/mol. The molecule has 2 N–H and O–H groups in total. The molecule has 0 unspecified atom stereocenters. The summed E-state index contributed by atoms with van der Waals surface area (Å²) in [5.74, 6) is -1.36. The highest BCUT2D eigenvalue weighted by molar-refractivity contribution is 5.91. The van der Waals surface area contributed by atoms with Crippen LogP contribution in [0, 0.1) is 0 Å². The Morgan fingerprint density at radius 2 is 1.84 bits per heavy atom. The number of hydrogen-bond donors (Lipinski definition) is 2. The quantitative estimate of drug-likeness (QED) is 0.634. The molecule has 31 heavy (non-hydrogen) atoms. The molecule has 1 aliphatic rings. The number of amides is 3. The summed E-state index contributed by atoms with van der Waals surface area (Å²) in [6, 6.07) is 7.78. The van der Waals surface area contributed by atoms with Crippen LogP contribution < -0.4 is 10.6 Å². The Hall–Kier alpha value is -3.10. The highest BCUT2D eigenvalue weighted by Gasteiger charge is 2.37. The van der Waals surface area contributed by atoms with Crippen molar-refractivity contribution in [3.05, 3.63) is 35.9 Å². The first-order chi connectivity index (χ1) is 14.6. The van der Waals surface area contributed by atoms with Gasteiger partial charge in [0.2, 0.25) is 11.8 Å². The molecule has 0 spiro atoms. The van der Waals surface area contributed by atoms with Crippen molar-refractivity contribution in [2.45, 2.75) is 64.8 Å². The first-order valence-electron chi connectivity index (χ1n) is 10.3. The van der Waals surface area contributed by atoms with Crippen LogP contribution in [0.3, 0.4) is 0 Å². The standard InChI is InChI=1S/C22H31N3O6/c1-15(24-18(26)13-23-21(29)31-22(2,3)4)19(27)25-12-8-11-17(25)20(28)30-14-16-9-6-5-7-10-16/h5-7,9-10,15,17H,8,11-14H2,1-4H3,(H,23,29)(H,24,26)/t15-,17-/m0/s1. The van der Waals surface area contributed by atoms with E-state index in [2.05, 4.69) is 10.6 Å². The minimum absolute atomic E-state index is 0.140. The Bertz CT molecular complexity index is 790. The number of likely N-dealkylation sites (tertiary alicyclic amines) is 1. The number of nitrogens with one attached hydrogen (secondary N) is 2. The average Bonchev–Trinajstić information content (AvgIpc) is 3.19. The maximum Gasteiger partial charge on any atom is 0.408 e. The van der Waals surface area contributed by atoms with Crippen LogP contribution in [0.15, 0.2) is 30.3 Å². The highest BCUT2D eigenvalue weighted by Crippen LogP contribution is 2.20. The first kappa shape index (κ1) is 24.2. The van der Waals surface area contributed by atoms with Crippen molar-refractivity contribution < 1.29 is 28.7 Å². The normalized spacial score (nSPS) is 16.9. The molecule has 0 saturated carbocycles. The molecule has 2 rings (SSSR count). The second kappa shape index (κ2) is 10.8. The Morgan fingerprint density at radius 3 is 2.48 bits per heavy atom. The van der Waals surface area contributed by atoms with Crippen molar-refractivity contribution in [2.24, 2.45) is 0 Å². The number of esters is 1. The molecule has 3 amide bonds. The number of carbonyl (C=O) groups is 4. The van der Waals surface area contributed by atoms with Gasteiger partial charge in [0, 0.05) is 6.54 Å². The molecule has 1 aliphatic heterocycles. The van der Waals surface area contributed by atoms with Crippen LogP contribution in [-0.2, 0) is 30.5 Å². The van der Waals surface area contributed by atoms with Crippen LogP contribution in [0.4, 0.5) is 4.79 Å². The van der Waals surface area contributed by atoms with Crippen LogP contribution in [0.1, 0.15) is 46.1 Å². The van der Waals surface area contributed by atoms with Crippen molar-refractivity contribution in [3.8, 4) is 0 Å². The van der Waals surface area contributed by atoms with E-state index in [1.165, 1.54) is 4.90 Å². The van der Waals surface area contributed by atoms with E-state index in [0.717, 1.165) is 5.56 Å². The number of alkyl carbamates (subject to hydrolysis) is 1. The van der Waals surface area contributed by atoms with Gasteiger partial charge >= 0.3 is 12.1 Å². The Kier molecular flexibility index (Phi) is 8.41. The van der Waals surface area contributed by atoms with E-state index in [1.54, 1.807) is 27.7 Å². The summed E-state index contributed by atoms with van der Waals surface area (Å²) in [4.78, 5) is 50.4. The molecule has 9 heteroatoms. The zero-order valence-corrected chi connectivity index (χ0v) is 18.5. The topological polar surface area (TPSA) is 114 Å². The van der Waals surface area contributed by atoms with Gasteiger partial charge in [-0.25, -0.2) is 9.59 Å². The lowest BCUT2D eigenvalue weighted by atomic mass is 10.2. The van der Waals surface area contributed by atoms with Gasteiger partial charge in [-0.2, -0.15) is 0 Å². The monoisotopic (exact) mass is 433 g/mol. The van der Waals surface area contributed by atoms with Gasteiger partial charge in [-0.3, -0.25) is 9.59 Å². The minimum atomic E-state index is -0.851. The molecule has 1 aromatic rings. The Morgan fingerprint density at radius 1 is 1.16 bits per heavy atom. The molecule has 0 radical (unpaired) electrons. The van der Waals surface area contributed by atoms with Gasteiger partial charge in [-0.05, 0) is 46.1 Å². The van der Waals surface area contributed by atoms with Crippen LogP contribution in [0.5, 0.6) is 0 Å². The van der Waals surface area contributed by atoms with Crippen molar-refractivity contribution in [1.82, 2.24) is 15.5 Å². The fraction of sp³-hybridized carbons (Fsp3) is 0.545. The molecule has 1 fully saturated rings. The van der Waals surface area contributed by atoms with E-state index in [0.29, 0.717) is 19.4 Å². The molecule has 0 aliphatic carbocycles. The fourth-order valence-electron chi connectivity index (χ4n) is 3.17. The van der Waals surface area contributed by atoms with E-state index in [1.807, 2.05) is 30.3 Å². The van der Waals surface area contributed by atoms with Gasteiger partial charge in [0.15, 0.2) is 0 Å². The number of benzene rings is 1. The third kappa shape index (κ3) is 7.92. The third-order valence-electron chi connectivity index (χ3n) is 4.57. The molecule has 2 atom stereocenters. The largest absolute Gasteiger partial charge is 0.459 e. The minimum Gasteiger partial charge on any atom is -0.459 e. The molecule has 1 heterocycles. The molecular weight excluding hydrogens is 402 g/mol. The Labute approximate surface area is 182 Å². The van der Waals surface area contributed by atoms with E-state index < -0.39 is 35.7 Å². The first-order valence-corrected chi connectivity index (χ1v) is 10.3. The van der Waals surface area contributed by atoms with Crippen molar-refractivity contribution in [2.75, 3.05) is 13.1 Å². The number of ether oxygens (including phenoxy) is 2. The van der Waals surface area contributed by atoms with Gasteiger partial charge in [0.05, 0.1) is 0 Å². The summed E-state index contributed by atoms with van der Waals surface area (Å²) in [6.07, 6.45) is 0.472. The molecule has 1 aromatic carbocycles. The number of hydrogen-bond acceptors (Lipinski definition) is 6. The van der Waals surface area contributed by atoms with Crippen molar-refractivity contribution in [3.63, 3.8) is 0 Å². The highest BCUT2D eigenvalue weighted by atomic mass is 16.6. The van der Waals surface area contributed by atoms with Crippen LogP contribution in [0.25, 0.3) is 0 Å². The van der Waals surface area contributed by atoms with Gasteiger partial charge in [-0.15, -0.1) is 0 Å². The predicted octanol–water partition coefficient (Wildman–Crippen LogP) is 1.75. The van der Waals surface area contributed by atoms with Crippen LogP contribution in [0.2, 0.25) is 0 Å². The molecule has 170 valence electrons. The van der Waals surface area contributed by atoms with E-state index in [9.17, 15) is 19.2 Å². The third-order valence-corrected chi connectivity index (χ3v) is 4.57. The zero-order chi connectivity index (χ0) is 23.0. The number of carbonyl (C=O) groups excluding carboxylic acids is 4. The van der Waals surface area contributed by atoms with E-state index in [-0.39, 0.29) is 19.1 Å². The molecule has 0 aromatic heterocycles. The predicted molar refractivity (Wildman–Crippen MR) is 113 cm³/mol. The summed E-state index contributed by atoms with van der Waals surface area (Å²) < 4.78 is 10.4. The summed E-state index contributed by atoms with van der Waals surface area (Å²) in [5.41, 5.74) is 0.189. The van der Waals surface area contributed by atoms with Gasteiger partial charge < -0.3 is 25.0 Å². The van der Waals surface area contributed by atoms with Gasteiger partial charge in [-0.1, -0.05) is 30.3 Å². The molecule has 1 saturated heterocycles. The van der Waals surface area contributed by atoms with Crippen molar-refractivity contribution >= 4 is 23.9 Å². The lowest BCUT2D eigenvalue weighted by Crippen LogP contribution is -2.52. The molecule has 0 bridgehead atoms. The summed E-state index contributed by atoms with van der Waals surface area (Å²) in [7, 11) is 0. The summed E-state index contributed by atoms with van der Waals surface area (Å²) in [5, 5.41) is 4.88. The number of nitrogens with zero attached hydrogens (tertiary/aromatic N) is 1. The lowest BCUT2D eigenvalue weighted by Gasteiger charge is -2.26.